The molecule has 144 valence electrons. The molecule has 0 saturated carbocycles. The maximum Gasteiger partial charge on any atom is 0.407 e. The Kier molecular flexibility index (Phi) is 6.99. The molecule has 27 heavy (non-hydrogen) atoms. The van der Waals surface area contributed by atoms with Gasteiger partial charge in [-0.1, -0.05) is 31.2 Å². The van der Waals surface area contributed by atoms with E-state index in [1.165, 1.54) is 5.56 Å². The molecule has 0 heterocycles. The van der Waals surface area contributed by atoms with Crippen molar-refractivity contribution in [2.75, 3.05) is 13.2 Å². The second-order valence-corrected chi connectivity index (χ2v) is 7.24. The molecule has 2 aromatic rings. The highest BCUT2D eigenvalue weighted by Gasteiger charge is 2.15. The van der Waals surface area contributed by atoms with E-state index in [4.69, 9.17) is 9.47 Å². The monoisotopic (exact) mass is 369 g/mol. The molecule has 0 radical (unpaired) electrons. The van der Waals surface area contributed by atoms with Gasteiger partial charge in [-0.25, -0.2) is 4.79 Å². The summed E-state index contributed by atoms with van der Waals surface area (Å²) in [5, 5.41) is 2.64. The number of hydrogen-bond donors (Lipinski definition) is 1. The molecule has 0 aliphatic carbocycles. The van der Waals surface area contributed by atoms with Crippen LogP contribution in [0.1, 0.15) is 43.6 Å². The number of nitrogens with one attached hydrogen (secondary N) is 1. The van der Waals surface area contributed by atoms with E-state index in [2.05, 4.69) is 24.4 Å². The summed E-state index contributed by atoms with van der Waals surface area (Å²) in [5.41, 5.74) is 3.20. The third-order valence-corrected chi connectivity index (χ3v) is 3.80. The zero-order valence-corrected chi connectivity index (χ0v) is 16.4. The number of alkyl carbamates (subject to hydrolysis) is 1. The van der Waals surface area contributed by atoms with Gasteiger partial charge in [-0.15, -0.1) is 0 Å². The van der Waals surface area contributed by atoms with E-state index in [9.17, 15) is 9.59 Å². The molecule has 0 aliphatic rings. The molecule has 0 fully saturated rings. The summed E-state index contributed by atoms with van der Waals surface area (Å²) in [6.45, 7) is 8.11. The lowest BCUT2D eigenvalue weighted by molar-refractivity contribution is 0.0520. The third-order valence-electron chi connectivity index (χ3n) is 3.80. The molecule has 0 aromatic heterocycles. The lowest BCUT2D eigenvalue weighted by atomic mass is 10.0. The van der Waals surface area contributed by atoms with Crippen LogP contribution in [0.15, 0.2) is 42.5 Å². The number of benzene rings is 2. The maximum atomic E-state index is 11.6. The fourth-order valence-electron chi connectivity index (χ4n) is 2.51. The number of aryl methyl sites for hydroxylation is 1. The van der Waals surface area contributed by atoms with E-state index in [0.29, 0.717) is 17.9 Å². The van der Waals surface area contributed by atoms with Crippen molar-refractivity contribution in [1.29, 1.82) is 0 Å². The number of carbonyl (C=O) groups excluding carboxylic acids is 2. The molecular formula is C22H27NO4. The number of hydrogen-bond acceptors (Lipinski definition) is 4. The normalized spacial score (nSPS) is 11.0. The smallest absolute Gasteiger partial charge is 0.407 e. The summed E-state index contributed by atoms with van der Waals surface area (Å²) in [4.78, 5) is 22.9. The Bertz CT molecular complexity index is 776. The van der Waals surface area contributed by atoms with Gasteiger partial charge in [0.1, 0.15) is 24.2 Å². The van der Waals surface area contributed by atoms with Crippen LogP contribution in [0.5, 0.6) is 5.75 Å². The Labute approximate surface area is 160 Å². The van der Waals surface area contributed by atoms with Gasteiger partial charge >= 0.3 is 6.09 Å². The highest BCUT2D eigenvalue weighted by molar-refractivity contribution is 5.80. The minimum atomic E-state index is -0.536. The van der Waals surface area contributed by atoms with Crippen molar-refractivity contribution in [2.24, 2.45) is 0 Å². The number of carbonyl (C=O) groups is 2. The molecule has 1 N–H and O–H groups in total. The first-order chi connectivity index (χ1) is 12.8. The topological polar surface area (TPSA) is 64.6 Å². The molecule has 2 rings (SSSR count). The Morgan fingerprint density at radius 3 is 2.37 bits per heavy atom. The molecule has 0 unspecified atom stereocenters. The predicted molar refractivity (Wildman–Crippen MR) is 106 cm³/mol. The predicted octanol–water partition coefficient (Wildman–Crippen LogP) is 4.63. The van der Waals surface area contributed by atoms with Crippen LogP contribution in [-0.2, 0) is 11.2 Å². The number of aldehydes is 1. The van der Waals surface area contributed by atoms with E-state index in [-0.39, 0.29) is 6.61 Å². The Morgan fingerprint density at radius 2 is 1.78 bits per heavy atom. The van der Waals surface area contributed by atoms with Gasteiger partial charge in [-0.2, -0.15) is 0 Å². The molecule has 1 amide bonds. The zero-order valence-electron chi connectivity index (χ0n) is 16.4. The average molecular weight is 369 g/mol. The van der Waals surface area contributed by atoms with Crippen LogP contribution in [-0.4, -0.2) is 31.1 Å². The van der Waals surface area contributed by atoms with Crippen molar-refractivity contribution in [1.82, 2.24) is 5.32 Å². The Morgan fingerprint density at radius 1 is 1.07 bits per heavy atom. The summed E-state index contributed by atoms with van der Waals surface area (Å²) in [7, 11) is 0. The molecule has 2 aromatic carbocycles. The van der Waals surface area contributed by atoms with E-state index >= 15 is 0 Å². The third kappa shape index (κ3) is 6.77. The van der Waals surface area contributed by atoms with Crippen molar-refractivity contribution >= 4 is 12.4 Å². The van der Waals surface area contributed by atoms with Crippen LogP contribution in [0.3, 0.4) is 0 Å². The quantitative estimate of drug-likeness (QED) is 0.571. The van der Waals surface area contributed by atoms with Gasteiger partial charge in [0.25, 0.3) is 0 Å². The minimum absolute atomic E-state index is 0.274. The molecule has 0 bridgehead atoms. The van der Waals surface area contributed by atoms with Crippen molar-refractivity contribution in [3.8, 4) is 16.9 Å². The van der Waals surface area contributed by atoms with E-state index < -0.39 is 11.7 Å². The SMILES string of the molecule is CCc1ccc(-c2cc(C=O)cc(OCCNC(=O)OC(C)(C)C)c2)cc1. The first-order valence-electron chi connectivity index (χ1n) is 9.10. The first-order valence-corrected chi connectivity index (χ1v) is 9.10. The van der Waals surface area contributed by atoms with Gasteiger partial charge in [0, 0.05) is 5.56 Å². The fourth-order valence-corrected chi connectivity index (χ4v) is 2.51. The lowest BCUT2D eigenvalue weighted by Crippen LogP contribution is -2.34. The standard InChI is InChI=1S/C22H27NO4/c1-5-16-6-8-18(9-7-16)19-12-17(15-24)13-20(14-19)26-11-10-23-21(25)27-22(2,3)4/h6-9,12-15H,5,10-11H2,1-4H3,(H,23,25). The minimum Gasteiger partial charge on any atom is -0.492 e. The molecule has 5 nitrogen and oxygen atoms in total. The zero-order chi connectivity index (χ0) is 19.9. The highest BCUT2D eigenvalue weighted by Crippen LogP contribution is 2.26. The van der Waals surface area contributed by atoms with E-state index in [1.54, 1.807) is 6.07 Å². The number of rotatable bonds is 7. The number of ether oxygens (including phenoxy) is 2. The van der Waals surface area contributed by atoms with Gasteiger partial charge in [0.15, 0.2) is 0 Å². The lowest BCUT2D eigenvalue weighted by Gasteiger charge is -2.19. The highest BCUT2D eigenvalue weighted by atomic mass is 16.6. The molecule has 0 spiro atoms. The van der Waals surface area contributed by atoms with Crippen molar-refractivity contribution < 1.29 is 19.1 Å². The molecule has 5 heteroatoms. The van der Waals surface area contributed by atoms with Crippen LogP contribution in [0, 0.1) is 0 Å². The van der Waals surface area contributed by atoms with Crippen molar-refractivity contribution in [3.63, 3.8) is 0 Å². The van der Waals surface area contributed by atoms with Crippen LogP contribution in [0.4, 0.5) is 4.79 Å². The fraction of sp³-hybridized carbons (Fsp3) is 0.364. The van der Waals surface area contributed by atoms with Crippen LogP contribution >= 0.6 is 0 Å². The summed E-state index contributed by atoms with van der Waals surface area (Å²) < 4.78 is 10.9. The Hall–Kier alpha value is -2.82. The van der Waals surface area contributed by atoms with Crippen molar-refractivity contribution in [3.05, 3.63) is 53.6 Å². The van der Waals surface area contributed by atoms with Gasteiger partial charge in [0.2, 0.25) is 0 Å². The second-order valence-electron chi connectivity index (χ2n) is 7.24. The molecule has 0 saturated heterocycles. The van der Waals surface area contributed by atoms with Crippen LogP contribution in [0.25, 0.3) is 11.1 Å². The van der Waals surface area contributed by atoms with Crippen molar-refractivity contribution in [2.45, 2.75) is 39.7 Å². The first kappa shape index (κ1) is 20.5. The summed E-state index contributed by atoms with van der Waals surface area (Å²) in [6.07, 6.45) is 1.30. The molecule has 0 atom stereocenters. The van der Waals surface area contributed by atoms with Gasteiger partial charge in [0.05, 0.1) is 6.54 Å². The number of amides is 1. The maximum absolute atomic E-state index is 11.6. The average Bonchev–Trinajstić information content (AvgIpc) is 2.63. The second kappa shape index (κ2) is 9.21. The summed E-state index contributed by atoms with van der Waals surface area (Å²) in [6, 6.07) is 13.6. The molecule has 0 aliphatic heterocycles. The van der Waals surface area contributed by atoms with Gasteiger partial charge in [-0.3, -0.25) is 4.79 Å². The largest absolute Gasteiger partial charge is 0.492 e. The van der Waals surface area contributed by atoms with Gasteiger partial charge in [-0.05, 0) is 62.1 Å². The van der Waals surface area contributed by atoms with Crippen LogP contribution < -0.4 is 10.1 Å². The summed E-state index contributed by atoms with van der Waals surface area (Å²) in [5.74, 6) is 0.583. The van der Waals surface area contributed by atoms with E-state index in [0.717, 1.165) is 23.8 Å². The summed E-state index contributed by atoms with van der Waals surface area (Å²) >= 11 is 0. The van der Waals surface area contributed by atoms with Gasteiger partial charge < -0.3 is 14.8 Å². The van der Waals surface area contributed by atoms with Crippen LogP contribution in [0.2, 0.25) is 0 Å². The Balaban J connectivity index is 2.00. The molecular weight excluding hydrogens is 342 g/mol. The van der Waals surface area contributed by atoms with E-state index in [1.807, 2.05) is 45.0 Å².